The molecule has 0 bridgehead atoms. The van der Waals surface area contributed by atoms with Crippen molar-refractivity contribution in [2.24, 2.45) is 4.99 Å². The van der Waals surface area contributed by atoms with E-state index in [0.29, 0.717) is 0 Å². The maximum Gasteiger partial charge on any atom is 0.125 e. The lowest BCUT2D eigenvalue weighted by atomic mass is 10.2. The molecule has 2 heterocycles. The molecule has 1 fully saturated rings. The number of aliphatic imine (C=N–C) groups is 1. The molecule has 0 aliphatic carbocycles. The fourth-order valence-corrected chi connectivity index (χ4v) is 1.18. The lowest BCUT2D eigenvalue weighted by Crippen LogP contribution is -2.25. The van der Waals surface area contributed by atoms with E-state index in [1.807, 2.05) is 6.20 Å². The van der Waals surface area contributed by atoms with Gasteiger partial charge in [-0.25, -0.2) is 0 Å². The SMILES string of the molecule is C1=NC2NCCC2=CN1. The van der Waals surface area contributed by atoms with Gasteiger partial charge in [0.2, 0.25) is 0 Å². The molecule has 0 radical (unpaired) electrons. The zero-order valence-electron chi connectivity index (χ0n) is 5.09. The van der Waals surface area contributed by atoms with Crippen LogP contribution in [0, 0.1) is 0 Å². The quantitative estimate of drug-likeness (QED) is 0.469. The third kappa shape index (κ3) is 0.733. The molecule has 9 heavy (non-hydrogen) atoms. The second-order valence-electron chi connectivity index (χ2n) is 2.27. The molecule has 2 aliphatic rings. The van der Waals surface area contributed by atoms with Gasteiger partial charge in [-0.1, -0.05) is 0 Å². The van der Waals surface area contributed by atoms with E-state index in [1.54, 1.807) is 6.34 Å². The van der Waals surface area contributed by atoms with Gasteiger partial charge in [0, 0.05) is 12.7 Å². The van der Waals surface area contributed by atoms with Gasteiger partial charge in [0.25, 0.3) is 0 Å². The monoisotopic (exact) mass is 123 g/mol. The molecule has 3 nitrogen and oxygen atoms in total. The van der Waals surface area contributed by atoms with Crippen LogP contribution in [0.15, 0.2) is 16.8 Å². The van der Waals surface area contributed by atoms with Gasteiger partial charge in [-0.2, -0.15) is 0 Å². The first kappa shape index (κ1) is 4.99. The largest absolute Gasteiger partial charge is 0.353 e. The van der Waals surface area contributed by atoms with Gasteiger partial charge < -0.3 is 5.32 Å². The van der Waals surface area contributed by atoms with Gasteiger partial charge >= 0.3 is 0 Å². The summed E-state index contributed by atoms with van der Waals surface area (Å²) in [6.45, 7) is 1.06. The Hall–Kier alpha value is -0.830. The van der Waals surface area contributed by atoms with Crippen molar-refractivity contribution < 1.29 is 0 Å². The van der Waals surface area contributed by atoms with Crippen LogP contribution in [0.5, 0.6) is 0 Å². The molecule has 0 amide bonds. The smallest absolute Gasteiger partial charge is 0.125 e. The normalized spacial score (nSPS) is 31.1. The highest BCUT2D eigenvalue weighted by molar-refractivity contribution is 5.59. The van der Waals surface area contributed by atoms with E-state index in [-0.39, 0.29) is 6.17 Å². The Bertz CT molecular complexity index is 171. The van der Waals surface area contributed by atoms with E-state index in [0.717, 1.165) is 13.0 Å². The fraction of sp³-hybridized carbons (Fsp3) is 0.500. The molecule has 2 N–H and O–H groups in total. The predicted octanol–water partition coefficient (Wildman–Crippen LogP) is -0.179. The van der Waals surface area contributed by atoms with Crippen LogP contribution < -0.4 is 10.6 Å². The van der Waals surface area contributed by atoms with Crippen molar-refractivity contribution in [3.05, 3.63) is 11.8 Å². The Labute approximate surface area is 53.9 Å². The van der Waals surface area contributed by atoms with E-state index in [2.05, 4.69) is 15.6 Å². The van der Waals surface area contributed by atoms with Gasteiger partial charge in [0.05, 0.1) is 6.34 Å². The third-order valence-corrected chi connectivity index (χ3v) is 1.67. The molecule has 1 atom stereocenters. The predicted molar refractivity (Wildman–Crippen MR) is 36.1 cm³/mol. The van der Waals surface area contributed by atoms with E-state index in [9.17, 15) is 0 Å². The Morgan fingerprint density at radius 3 is 3.56 bits per heavy atom. The second kappa shape index (κ2) is 1.84. The zero-order chi connectivity index (χ0) is 6.10. The molecule has 1 unspecified atom stereocenters. The molecule has 3 heteroatoms. The summed E-state index contributed by atoms with van der Waals surface area (Å²) in [5.74, 6) is 0. The van der Waals surface area contributed by atoms with Crippen molar-refractivity contribution in [3.8, 4) is 0 Å². The minimum Gasteiger partial charge on any atom is -0.353 e. The van der Waals surface area contributed by atoms with Crippen molar-refractivity contribution in [2.45, 2.75) is 12.6 Å². The van der Waals surface area contributed by atoms with Crippen molar-refractivity contribution in [1.82, 2.24) is 10.6 Å². The summed E-state index contributed by atoms with van der Waals surface area (Å²) in [4.78, 5) is 4.18. The number of fused-ring (bicyclic) bond motifs is 1. The molecule has 48 valence electrons. The molecular weight excluding hydrogens is 114 g/mol. The topological polar surface area (TPSA) is 36.4 Å². The highest BCUT2D eigenvalue weighted by atomic mass is 15.1. The fourth-order valence-electron chi connectivity index (χ4n) is 1.18. The Morgan fingerprint density at radius 1 is 1.67 bits per heavy atom. The molecule has 1 saturated heterocycles. The summed E-state index contributed by atoms with van der Waals surface area (Å²) in [6.07, 6.45) is 5.17. The average molecular weight is 123 g/mol. The van der Waals surface area contributed by atoms with Gasteiger partial charge in [0.1, 0.15) is 6.17 Å². The number of hydrogen-bond donors (Lipinski definition) is 2. The maximum absolute atomic E-state index is 4.18. The summed E-state index contributed by atoms with van der Waals surface area (Å²) < 4.78 is 0. The minimum absolute atomic E-state index is 0.284. The van der Waals surface area contributed by atoms with E-state index < -0.39 is 0 Å². The Kier molecular flexibility index (Phi) is 1.02. The molecule has 0 aromatic heterocycles. The minimum atomic E-state index is 0.284. The average Bonchev–Trinajstić information content (AvgIpc) is 2.33. The van der Waals surface area contributed by atoms with Crippen molar-refractivity contribution >= 4 is 6.34 Å². The summed E-state index contributed by atoms with van der Waals surface area (Å²) >= 11 is 0. The molecule has 2 aliphatic heterocycles. The lowest BCUT2D eigenvalue weighted by Gasteiger charge is -2.10. The van der Waals surface area contributed by atoms with Crippen LogP contribution in [0.1, 0.15) is 6.42 Å². The summed E-state index contributed by atoms with van der Waals surface area (Å²) in [5.41, 5.74) is 1.37. The van der Waals surface area contributed by atoms with E-state index in [4.69, 9.17) is 0 Å². The number of nitrogens with one attached hydrogen (secondary N) is 2. The molecule has 0 aromatic carbocycles. The first-order valence-corrected chi connectivity index (χ1v) is 3.17. The first-order valence-electron chi connectivity index (χ1n) is 3.17. The van der Waals surface area contributed by atoms with Gasteiger partial charge in [-0.15, -0.1) is 0 Å². The van der Waals surface area contributed by atoms with E-state index >= 15 is 0 Å². The zero-order valence-corrected chi connectivity index (χ0v) is 5.09. The molecule has 0 aromatic rings. The summed E-state index contributed by atoms with van der Waals surface area (Å²) in [6, 6.07) is 0. The van der Waals surface area contributed by atoms with Gasteiger partial charge in [-0.05, 0) is 12.0 Å². The van der Waals surface area contributed by atoms with Crippen LogP contribution in [-0.4, -0.2) is 19.0 Å². The van der Waals surface area contributed by atoms with Crippen LogP contribution in [-0.2, 0) is 0 Å². The second-order valence-corrected chi connectivity index (χ2v) is 2.27. The molecular formula is C6H9N3. The van der Waals surface area contributed by atoms with Crippen molar-refractivity contribution in [3.63, 3.8) is 0 Å². The van der Waals surface area contributed by atoms with Gasteiger partial charge in [0.15, 0.2) is 0 Å². The van der Waals surface area contributed by atoms with Crippen LogP contribution in [0.3, 0.4) is 0 Å². The first-order chi connectivity index (χ1) is 4.47. The van der Waals surface area contributed by atoms with Crippen LogP contribution in [0.2, 0.25) is 0 Å². The number of nitrogens with zero attached hydrogens (tertiary/aromatic N) is 1. The van der Waals surface area contributed by atoms with Crippen molar-refractivity contribution in [2.75, 3.05) is 6.54 Å². The van der Waals surface area contributed by atoms with Crippen LogP contribution in [0.25, 0.3) is 0 Å². The van der Waals surface area contributed by atoms with Crippen LogP contribution in [0.4, 0.5) is 0 Å². The molecule has 2 rings (SSSR count). The maximum atomic E-state index is 4.18. The Balaban J connectivity index is 2.22. The third-order valence-electron chi connectivity index (χ3n) is 1.67. The number of hydrogen-bond acceptors (Lipinski definition) is 3. The molecule has 0 saturated carbocycles. The van der Waals surface area contributed by atoms with Crippen LogP contribution >= 0.6 is 0 Å². The van der Waals surface area contributed by atoms with E-state index in [1.165, 1.54) is 5.57 Å². The standard InChI is InChI=1S/C6H9N3/c1-2-8-6-5(1)3-7-4-9-6/h3-4,6,8H,1-2H2,(H,7,9). The van der Waals surface area contributed by atoms with Gasteiger partial charge in [-0.3, -0.25) is 10.3 Å². The highest BCUT2D eigenvalue weighted by Gasteiger charge is 2.19. The molecule has 0 spiro atoms. The summed E-state index contributed by atoms with van der Waals surface area (Å²) in [5, 5.41) is 6.21. The summed E-state index contributed by atoms with van der Waals surface area (Å²) in [7, 11) is 0. The number of rotatable bonds is 0. The Morgan fingerprint density at radius 2 is 2.67 bits per heavy atom. The lowest BCUT2D eigenvalue weighted by molar-refractivity contribution is 0.688. The van der Waals surface area contributed by atoms with Crippen molar-refractivity contribution in [1.29, 1.82) is 0 Å². The highest BCUT2D eigenvalue weighted by Crippen LogP contribution is 2.14.